The van der Waals surface area contributed by atoms with Gasteiger partial charge < -0.3 is 10.5 Å². The van der Waals surface area contributed by atoms with E-state index >= 15 is 0 Å². The van der Waals surface area contributed by atoms with Gasteiger partial charge in [-0.15, -0.1) is 0 Å². The fraction of sp³-hybridized carbons (Fsp3) is 0.917. The van der Waals surface area contributed by atoms with Crippen molar-refractivity contribution in [3.05, 3.63) is 0 Å². The Bertz CT molecular complexity index is 223. The minimum absolute atomic E-state index is 0.285. The van der Waals surface area contributed by atoms with Gasteiger partial charge in [0.05, 0.1) is 6.61 Å². The summed E-state index contributed by atoms with van der Waals surface area (Å²) in [5.41, 5.74) is 5.84. The predicted octanol–water partition coefficient (Wildman–Crippen LogP) is 1.14. The monoisotopic (exact) mass is 228 g/mol. The van der Waals surface area contributed by atoms with Crippen LogP contribution in [0.2, 0.25) is 0 Å². The van der Waals surface area contributed by atoms with Crippen LogP contribution >= 0.6 is 0 Å². The molecule has 1 heterocycles. The van der Waals surface area contributed by atoms with E-state index in [2.05, 4.69) is 18.7 Å². The second-order valence-corrected chi connectivity index (χ2v) is 4.68. The summed E-state index contributed by atoms with van der Waals surface area (Å²) in [7, 11) is 0. The van der Waals surface area contributed by atoms with E-state index < -0.39 is 6.04 Å². The first-order valence-electron chi connectivity index (χ1n) is 6.24. The van der Waals surface area contributed by atoms with Crippen molar-refractivity contribution in [1.82, 2.24) is 4.90 Å². The molecule has 0 aromatic carbocycles. The third kappa shape index (κ3) is 3.46. The van der Waals surface area contributed by atoms with Gasteiger partial charge in [0.1, 0.15) is 6.04 Å². The van der Waals surface area contributed by atoms with Crippen LogP contribution in [0.4, 0.5) is 0 Å². The summed E-state index contributed by atoms with van der Waals surface area (Å²) in [5.74, 6) is -0.285. The van der Waals surface area contributed by atoms with Gasteiger partial charge in [-0.1, -0.05) is 6.42 Å². The van der Waals surface area contributed by atoms with E-state index in [1.807, 2.05) is 0 Å². The normalized spacial score (nSPS) is 28.8. The van der Waals surface area contributed by atoms with E-state index in [-0.39, 0.29) is 5.97 Å². The molecule has 0 amide bonds. The van der Waals surface area contributed by atoms with Crippen LogP contribution < -0.4 is 5.73 Å². The van der Waals surface area contributed by atoms with Crippen molar-refractivity contribution < 1.29 is 9.53 Å². The Morgan fingerprint density at radius 2 is 2.00 bits per heavy atom. The minimum atomic E-state index is -0.511. The summed E-state index contributed by atoms with van der Waals surface area (Å²) in [6, 6.07) is 0.524. The molecule has 4 heteroatoms. The van der Waals surface area contributed by atoms with Crippen LogP contribution in [-0.4, -0.2) is 42.1 Å². The Labute approximate surface area is 98.1 Å². The number of hydrogen-bond donors (Lipinski definition) is 1. The highest BCUT2D eigenvalue weighted by Crippen LogP contribution is 2.22. The van der Waals surface area contributed by atoms with Crippen molar-refractivity contribution in [3.8, 4) is 0 Å². The molecular weight excluding hydrogens is 204 g/mol. The lowest BCUT2D eigenvalue weighted by atomic mass is 9.97. The molecule has 4 nitrogen and oxygen atoms in total. The van der Waals surface area contributed by atoms with Gasteiger partial charge in [0, 0.05) is 18.6 Å². The lowest BCUT2D eigenvalue weighted by Crippen LogP contribution is -2.51. The molecule has 0 aliphatic carbocycles. The number of rotatable bonds is 4. The Morgan fingerprint density at radius 3 is 2.50 bits per heavy atom. The highest BCUT2D eigenvalue weighted by molar-refractivity contribution is 5.75. The Kier molecular flexibility index (Phi) is 5.22. The standard InChI is InChI=1S/C12H24N2O2/c1-4-16-12(15)11(13)8-14-9(2)6-5-7-10(14)3/h9-11H,4-8,13H2,1-3H3. The molecule has 0 aromatic rings. The number of piperidine rings is 1. The molecule has 0 spiro atoms. The summed E-state index contributed by atoms with van der Waals surface area (Å²) in [6.07, 6.45) is 3.66. The fourth-order valence-electron chi connectivity index (χ4n) is 2.39. The van der Waals surface area contributed by atoms with Crippen LogP contribution in [0.25, 0.3) is 0 Å². The third-order valence-corrected chi connectivity index (χ3v) is 3.37. The fourth-order valence-corrected chi connectivity index (χ4v) is 2.39. The number of nitrogens with zero attached hydrogens (tertiary/aromatic N) is 1. The van der Waals surface area contributed by atoms with Gasteiger partial charge in [0.2, 0.25) is 0 Å². The number of likely N-dealkylation sites (tertiary alicyclic amines) is 1. The Balaban J connectivity index is 2.47. The van der Waals surface area contributed by atoms with E-state index in [0.29, 0.717) is 25.2 Å². The van der Waals surface area contributed by atoms with Crippen molar-refractivity contribution in [3.63, 3.8) is 0 Å². The molecule has 1 fully saturated rings. The maximum absolute atomic E-state index is 11.5. The number of carbonyl (C=O) groups excluding carboxylic acids is 1. The maximum atomic E-state index is 11.5. The first kappa shape index (κ1) is 13.5. The Hall–Kier alpha value is -0.610. The summed E-state index contributed by atoms with van der Waals surface area (Å²) in [5, 5.41) is 0. The van der Waals surface area contributed by atoms with Crippen LogP contribution in [0.5, 0.6) is 0 Å². The van der Waals surface area contributed by atoms with E-state index in [4.69, 9.17) is 10.5 Å². The van der Waals surface area contributed by atoms with E-state index in [1.54, 1.807) is 6.92 Å². The number of carbonyl (C=O) groups is 1. The highest BCUT2D eigenvalue weighted by Gasteiger charge is 2.28. The summed E-state index contributed by atoms with van der Waals surface area (Å²) >= 11 is 0. The van der Waals surface area contributed by atoms with Crippen molar-refractivity contribution >= 4 is 5.97 Å². The zero-order chi connectivity index (χ0) is 12.1. The van der Waals surface area contributed by atoms with E-state index in [0.717, 1.165) is 0 Å². The van der Waals surface area contributed by atoms with Gasteiger partial charge in [-0.05, 0) is 33.6 Å². The van der Waals surface area contributed by atoms with Gasteiger partial charge in [-0.3, -0.25) is 9.69 Å². The number of esters is 1. The molecule has 94 valence electrons. The van der Waals surface area contributed by atoms with Gasteiger partial charge in [-0.25, -0.2) is 0 Å². The predicted molar refractivity (Wildman–Crippen MR) is 64.1 cm³/mol. The zero-order valence-electron chi connectivity index (χ0n) is 10.6. The highest BCUT2D eigenvalue weighted by atomic mass is 16.5. The Morgan fingerprint density at radius 1 is 1.44 bits per heavy atom. The van der Waals surface area contributed by atoms with Gasteiger partial charge in [0.15, 0.2) is 0 Å². The second kappa shape index (κ2) is 6.21. The first-order valence-corrected chi connectivity index (χ1v) is 6.24. The molecular formula is C12H24N2O2. The average molecular weight is 228 g/mol. The van der Waals surface area contributed by atoms with Gasteiger partial charge >= 0.3 is 5.97 Å². The van der Waals surface area contributed by atoms with Crippen LogP contribution in [0.1, 0.15) is 40.0 Å². The lowest BCUT2D eigenvalue weighted by Gasteiger charge is -2.39. The van der Waals surface area contributed by atoms with Crippen molar-refractivity contribution in [2.75, 3.05) is 13.2 Å². The molecule has 0 aromatic heterocycles. The quantitative estimate of drug-likeness (QED) is 0.733. The molecule has 1 rings (SSSR count). The smallest absolute Gasteiger partial charge is 0.324 e. The largest absolute Gasteiger partial charge is 0.465 e. The van der Waals surface area contributed by atoms with Crippen LogP contribution in [0.3, 0.4) is 0 Å². The molecule has 1 saturated heterocycles. The van der Waals surface area contributed by atoms with E-state index in [1.165, 1.54) is 19.3 Å². The van der Waals surface area contributed by atoms with Crippen LogP contribution in [0.15, 0.2) is 0 Å². The molecule has 1 aliphatic heterocycles. The molecule has 16 heavy (non-hydrogen) atoms. The second-order valence-electron chi connectivity index (χ2n) is 4.68. The number of ether oxygens (including phenoxy) is 1. The SMILES string of the molecule is CCOC(=O)C(N)CN1C(C)CCCC1C. The molecule has 3 atom stereocenters. The maximum Gasteiger partial charge on any atom is 0.324 e. The molecule has 2 N–H and O–H groups in total. The van der Waals surface area contributed by atoms with Crippen molar-refractivity contribution in [1.29, 1.82) is 0 Å². The molecule has 0 bridgehead atoms. The average Bonchev–Trinajstić information content (AvgIpc) is 2.23. The van der Waals surface area contributed by atoms with Crippen molar-refractivity contribution in [2.24, 2.45) is 5.73 Å². The summed E-state index contributed by atoms with van der Waals surface area (Å²) in [6.45, 7) is 7.22. The lowest BCUT2D eigenvalue weighted by molar-refractivity contribution is -0.145. The summed E-state index contributed by atoms with van der Waals surface area (Å²) < 4.78 is 4.93. The van der Waals surface area contributed by atoms with Crippen LogP contribution in [-0.2, 0) is 9.53 Å². The van der Waals surface area contributed by atoms with Crippen LogP contribution in [0, 0.1) is 0 Å². The molecule has 0 radical (unpaired) electrons. The summed E-state index contributed by atoms with van der Waals surface area (Å²) in [4.78, 5) is 13.8. The van der Waals surface area contributed by atoms with Crippen molar-refractivity contribution in [2.45, 2.75) is 58.2 Å². The third-order valence-electron chi connectivity index (χ3n) is 3.37. The molecule has 3 unspecified atom stereocenters. The minimum Gasteiger partial charge on any atom is -0.465 e. The molecule has 1 aliphatic rings. The topological polar surface area (TPSA) is 55.6 Å². The molecule has 0 saturated carbocycles. The van der Waals surface area contributed by atoms with Gasteiger partial charge in [0.25, 0.3) is 0 Å². The number of nitrogens with two attached hydrogens (primary N) is 1. The van der Waals surface area contributed by atoms with E-state index in [9.17, 15) is 4.79 Å². The zero-order valence-corrected chi connectivity index (χ0v) is 10.6. The number of hydrogen-bond acceptors (Lipinski definition) is 4. The van der Waals surface area contributed by atoms with Gasteiger partial charge in [-0.2, -0.15) is 0 Å². The first-order chi connectivity index (χ1) is 7.56.